The summed E-state index contributed by atoms with van der Waals surface area (Å²) < 4.78 is 36.8. The van der Waals surface area contributed by atoms with Crippen molar-refractivity contribution in [3.05, 3.63) is 0 Å². The maximum absolute atomic E-state index is 12.3. The second kappa shape index (κ2) is 9.74. The summed E-state index contributed by atoms with van der Waals surface area (Å²) >= 11 is 0. The van der Waals surface area contributed by atoms with E-state index in [4.69, 9.17) is 0 Å². The molecule has 2 atom stereocenters. The van der Waals surface area contributed by atoms with Crippen molar-refractivity contribution in [1.29, 1.82) is 0 Å². The molecule has 140 valence electrons. The SMILES string of the molecule is CN=C(NCCC1CCCC(C)C1)NCC(=O)N(C)CC(F)(F)F. The van der Waals surface area contributed by atoms with Crippen LogP contribution in [-0.4, -0.2) is 56.7 Å². The molecule has 1 rings (SSSR count). The number of rotatable bonds is 6. The van der Waals surface area contributed by atoms with E-state index in [0.29, 0.717) is 16.8 Å². The molecule has 1 saturated carbocycles. The Labute approximate surface area is 142 Å². The van der Waals surface area contributed by atoms with Gasteiger partial charge < -0.3 is 15.5 Å². The van der Waals surface area contributed by atoms with Gasteiger partial charge in [-0.1, -0.05) is 26.2 Å². The van der Waals surface area contributed by atoms with Gasteiger partial charge in [-0.2, -0.15) is 13.2 Å². The van der Waals surface area contributed by atoms with Gasteiger partial charge in [0.2, 0.25) is 5.91 Å². The van der Waals surface area contributed by atoms with Gasteiger partial charge in [0.25, 0.3) is 0 Å². The molecule has 0 aromatic heterocycles. The molecule has 2 N–H and O–H groups in total. The first-order valence-corrected chi connectivity index (χ1v) is 8.46. The number of guanidine groups is 1. The van der Waals surface area contributed by atoms with E-state index in [1.807, 2.05) is 0 Å². The van der Waals surface area contributed by atoms with Crippen molar-refractivity contribution in [2.45, 2.75) is 45.2 Å². The van der Waals surface area contributed by atoms with Gasteiger partial charge in [0.05, 0.1) is 6.54 Å². The standard InChI is InChI=1S/C16H29F3N4O/c1-12-5-4-6-13(9-12)7-8-21-15(20-2)22-10-14(24)23(3)11-16(17,18)19/h12-13H,4-11H2,1-3H3,(H2,20,21,22). The van der Waals surface area contributed by atoms with Crippen LogP contribution in [0.5, 0.6) is 0 Å². The fraction of sp³-hybridized carbons (Fsp3) is 0.875. The lowest BCUT2D eigenvalue weighted by Crippen LogP contribution is -2.45. The van der Waals surface area contributed by atoms with E-state index in [1.54, 1.807) is 7.05 Å². The zero-order chi connectivity index (χ0) is 18.2. The summed E-state index contributed by atoms with van der Waals surface area (Å²) in [6.07, 6.45) is 1.72. The smallest absolute Gasteiger partial charge is 0.356 e. The van der Waals surface area contributed by atoms with Gasteiger partial charge >= 0.3 is 6.18 Å². The molecule has 1 aliphatic rings. The van der Waals surface area contributed by atoms with Crippen LogP contribution in [0.1, 0.15) is 39.0 Å². The van der Waals surface area contributed by atoms with Crippen molar-refractivity contribution in [2.75, 3.05) is 33.7 Å². The number of alkyl halides is 3. The largest absolute Gasteiger partial charge is 0.406 e. The predicted octanol–water partition coefficient (Wildman–Crippen LogP) is 2.39. The highest BCUT2D eigenvalue weighted by Gasteiger charge is 2.31. The van der Waals surface area contributed by atoms with E-state index >= 15 is 0 Å². The first-order valence-electron chi connectivity index (χ1n) is 8.46. The Kier molecular flexibility index (Phi) is 8.35. The highest BCUT2D eigenvalue weighted by Crippen LogP contribution is 2.30. The van der Waals surface area contributed by atoms with Gasteiger partial charge in [-0.15, -0.1) is 0 Å². The average Bonchev–Trinajstić information content (AvgIpc) is 2.48. The summed E-state index contributed by atoms with van der Waals surface area (Å²) in [7, 11) is 2.71. The van der Waals surface area contributed by atoms with E-state index in [2.05, 4.69) is 22.5 Å². The van der Waals surface area contributed by atoms with Gasteiger partial charge in [-0.3, -0.25) is 9.79 Å². The van der Waals surface area contributed by atoms with Crippen molar-refractivity contribution in [3.63, 3.8) is 0 Å². The van der Waals surface area contributed by atoms with Crippen LogP contribution >= 0.6 is 0 Å². The minimum Gasteiger partial charge on any atom is -0.356 e. The summed E-state index contributed by atoms with van der Waals surface area (Å²) in [4.78, 5) is 16.3. The van der Waals surface area contributed by atoms with Gasteiger partial charge in [0, 0.05) is 20.6 Å². The quantitative estimate of drug-likeness (QED) is 0.571. The van der Waals surface area contributed by atoms with Gasteiger partial charge in [-0.25, -0.2) is 0 Å². The fourth-order valence-corrected chi connectivity index (χ4v) is 3.09. The molecule has 1 amide bonds. The molecule has 2 unspecified atom stereocenters. The van der Waals surface area contributed by atoms with Crippen LogP contribution in [-0.2, 0) is 4.79 Å². The van der Waals surface area contributed by atoms with Crippen LogP contribution in [0.2, 0.25) is 0 Å². The van der Waals surface area contributed by atoms with Crippen molar-refractivity contribution in [3.8, 4) is 0 Å². The Bertz CT molecular complexity index is 426. The zero-order valence-electron chi connectivity index (χ0n) is 14.7. The molecule has 0 radical (unpaired) electrons. The normalized spacial score (nSPS) is 22.2. The third kappa shape index (κ3) is 8.40. The molecule has 8 heteroatoms. The molecule has 0 aromatic carbocycles. The Morgan fingerprint density at radius 1 is 1.29 bits per heavy atom. The topological polar surface area (TPSA) is 56.7 Å². The molecular formula is C16H29F3N4O. The Hall–Kier alpha value is -1.47. The summed E-state index contributed by atoms with van der Waals surface area (Å²) in [5.74, 6) is 1.30. The monoisotopic (exact) mass is 350 g/mol. The molecule has 0 spiro atoms. The van der Waals surface area contributed by atoms with Crippen LogP contribution in [0.25, 0.3) is 0 Å². The summed E-state index contributed by atoms with van der Waals surface area (Å²) in [6.45, 7) is 1.55. The summed E-state index contributed by atoms with van der Waals surface area (Å²) in [5.41, 5.74) is 0. The van der Waals surface area contributed by atoms with Crippen molar-refractivity contribution >= 4 is 11.9 Å². The number of likely N-dealkylation sites (N-methyl/N-ethyl adjacent to an activating group) is 1. The van der Waals surface area contributed by atoms with E-state index < -0.39 is 18.6 Å². The number of aliphatic imine (C=N–C) groups is 1. The number of nitrogens with one attached hydrogen (secondary N) is 2. The molecule has 0 aromatic rings. The van der Waals surface area contributed by atoms with Gasteiger partial charge in [0.1, 0.15) is 6.54 Å². The van der Waals surface area contributed by atoms with Crippen molar-refractivity contribution in [1.82, 2.24) is 15.5 Å². The fourth-order valence-electron chi connectivity index (χ4n) is 3.09. The Morgan fingerprint density at radius 2 is 2.00 bits per heavy atom. The molecule has 5 nitrogen and oxygen atoms in total. The number of hydrogen-bond donors (Lipinski definition) is 2. The van der Waals surface area contributed by atoms with E-state index in [1.165, 1.54) is 25.7 Å². The molecule has 0 heterocycles. The molecule has 0 bridgehead atoms. The van der Waals surface area contributed by atoms with Crippen LogP contribution in [0.15, 0.2) is 4.99 Å². The van der Waals surface area contributed by atoms with Crippen molar-refractivity contribution < 1.29 is 18.0 Å². The molecule has 0 saturated heterocycles. The average molecular weight is 350 g/mol. The number of hydrogen-bond acceptors (Lipinski definition) is 2. The molecule has 1 fully saturated rings. The minimum absolute atomic E-state index is 0.216. The first-order chi connectivity index (χ1) is 11.2. The highest BCUT2D eigenvalue weighted by atomic mass is 19.4. The van der Waals surface area contributed by atoms with Crippen LogP contribution in [0.4, 0.5) is 13.2 Å². The van der Waals surface area contributed by atoms with E-state index in [-0.39, 0.29) is 6.54 Å². The molecule has 24 heavy (non-hydrogen) atoms. The van der Waals surface area contributed by atoms with Crippen molar-refractivity contribution in [2.24, 2.45) is 16.8 Å². The van der Waals surface area contributed by atoms with E-state index in [9.17, 15) is 18.0 Å². The van der Waals surface area contributed by atoms with Gasteiger partial charge in [-0.05, 0) is 24.7 Å². The lowest BCUT2D eigenvalue weighted by atomic mass is 9.81. The summed E-state index contributed by atoms with van der Waals surface area (Å²) in [5, 5.41) is 5.88. The number of carbonyl (C=O) groups is 1. The number of halogens is 3. The lowest BCUT2D eigenvalue weighted by molar-refractivity contribution is -0.157. The first kappa shape index (κ1) is 20.6. The van der Waals surface area contributed by atoms with Crippen LogP contribution in [0.3, 0.4) is 0 Å². The summed E-state index contributed by atoms with van der Waals surface area (Å²) in [6, 6.07) is 0. The van der Waals surface area contributed by atoms with Gasteiger partial charge in [0.15, 0.2) is 5.96 Å². The Morgan fingerprint density at radius 3 is 2.58 bits per heavy atom. The zero-order valence-corrected chi connectivity index (χ0v) is 14.7. The molecule has 0 aliphatic heterocycles. The highest BCUT2D eigenvalue weighted by molar-refractivity contribution is 5.86. The minimum atomic E-state index is -4.39. The third-order valence-corrected chi connectivity index (χ3v) is 4.36. The maximum Gasteiger partial charge on any atom is 0.406 e. The second-order valence-corrected chi connectivity index (χ2v) is 6.64. The van der Waals surface area contributed by atoms with Crippen LogP contribution < -0.4 is 10.6 Å². The predicted molar refractivity (Wildman–Crippen MR) is 88.8 cm³/mol. The number of amides is 1. The molecular weight excluding hydrogens is 321 g/mol. The third-order valence-electron chi connectivity index (χ3n) is 4.36. The number of carbonyl (C=O) groups excluding carboxylic acids is 1. The Balaban J connectivity index is 2.26. The van der Waals surface area contributed by atoms with E-state index in [0.717, 1.165) is 25.9 Å². The van der Waals surface area contributed by atoms with Crippen LogP contribution in [0, 0.1) is 11.8 Å². The second-order valence-electron chi connectivity index (χ2n) is 6.64. The lowest BCUT2D eigenvalue weighted by Gasteiger charge is -2.27. The maximum atomic E-state index is 12.3. The number of nitrogens with zero attached hydrogens (tertiary/aromatic N) is 2. The molecule has 1 aliphatic carbocycles.